The molecule has 2 aliphatic heterocycles. The van der Waals surface area contributed by atoms with Crippen LogP contribution < -0.4 is 4.74 Å². The van der Waals surface area contributed by atoms with Gasteiger partial charge in [-0.3, -0.25) is 9.79 Å². The number of ether oxygens (including phenoxy) is 1. The number of para-hydroxylation sites is 1. The van der Waals surface area contributed by atoms with E-state index in [2.05, 4.69) is 11.1 Å². The van der Waals surface area contributed by atoms with Crippen molar-refractivity contribution in [3.05, 3.63) is 72.4 Å². The molecule has 26 heavy (non-hydrogen) atoms. The van der Waals surface area contributed by atoms with E-state index in [4.69, 9.17) is 4.74 Å². The zero-order chi connectivity index (χ0) is 17.8. The monoisotopic (exact) mass is 346 g/mol. The number of carbonyl (C=O) groups excluding carboxylic acids is 1. The lowest BCUT2D eigenvalue weighted by molar-refractivity contribution is 0.0710. The number of allylic oxidation sites excluding steroid dienone is 1. The predicted octanol–water partition coefficient (Wildman–Crippen LogP) is 4.69. The van der Waals surface area contributed by atoms with Gasteiger partial charge in [0.25, 0.3) is 5.91 Å². The van der Waals surface area contributed by atoms with Crippen LogP contribution in [0.1, 0.15) is 29.6 Å². The molecular formula is C22H22N2O2. The second-order valence-electron chi connectivity index (χ2n) is 6.72. The van der Waals surface area contributed by atoms with Gasteiger partial charge in [0, 0.05) is 42.9 Å². The summed E-state index contributed by atoms with van der Waals surface area (Å²) in [5.41, 5.74) is 1.99. The highest BCUT2D eigenvalue weighted by Crippen LogP contribution is 2.25. The van der Waals surface area contributed by atoms with Gasteiger partial charge in [0.1, 0.15) is 11.5 Å². The van der Waals surface area contributed by atoms with E-state index in [9.17, 15) is 4.79 Å². The van der Waals surface area contributed by atoms with Gasteiger partial charge in [-0.15, -0.1) is 0 Å². The minimum atomic E-state index is 0.0983. The number of aliphatic imine (C=N–C) groups is 1. The summed E-state index contributed by atoms with van der Waals surface area (Å²) in [7, 11) is 0. The first-order valence-corrected chi connectivity index (χ1v) is 9.13. The Morgan fingerprint density at radius 2 is 1.65 bits per heavy atom. The fourth-order valence-corrected chi connectivity index (χ4v) is 3.54. The highest BCUT2D eigenvalue weighted by atomic mass is 16.5. The molecule has 0 radical (unpaired) electrons. The summed E-state index contributed by atoms with van der Waals surface area (Å²) in [5, 5.41) is 0. The van der Waals surface area contributed by atoms with E-state index in [1.54, 1.807) is 0 Å². The fourth-order valence-electron chi connectivity index (χ4n) is 3.54. The van der Waals surface area contributed by atoms with Crippen LogP contribution in [0.15, 0.2) is 71.9 Å². The molecule has 0 spiro atoms. The third-order valence-electron chi connectivity index (χ3n) is 5.01. The Kier molecular flexibility index (Phi) is 4.82. The van der Waals surface area contributed by atoms with Gasteiger partial charge in [0.05, 0.1) is 0 Å². The lowest BCUT2D eigenvalue weighted by Crippen LogP contribution is -2.40. The molecule has 0 aliphatic carbocycles. The quantitative estimate of drug-likeness (QED) is 0.806. The predicted molar refractivity (Wildman–Crippen MR) is 103 cm³/mol. The summed E-state index contributed by atoms with van der Waals surface area (Å²) >= 11 is 0. The standard InChI is InChI=1S/C22H22N2O2/c25-22(24-15-12-17(13-16-24)21-7-4-14-23-21)18-8-10-20(11-9-18)26-19-5-2-1-3-6-19/h1-6,8-11,14,17H,7,12-13,15-16H2. The van der Waals surface area contributed by atoms with Crippen LogP contribution in [0.3, 0.4) is 0 Å². The smallest absolute Gasteiger partial charge is 0.253 e. The van der Waals surface area contributed by atoms with E-state index in [-0.39, 0.29) is 5.91 Å². The molecule has 132 valence electrons. The van der Waals surface area contributed by atoms with Crippen LogP contribution in [0.25, 0.3) is 0 Å². The fraction of sp³-hybridized carbons (Fsp3) is 0.273. The van der Waals surface area contributed by atoms with Crippen molar-refractivity contribution in [2.24, 2.45) is 10.9 Å². The van der Waals surface area contributed by atoms with E-state index >= 15 is 0 Å². The number of hydrogen-bond donors (Lipinski definition) is 0. The number of benzene rings is 2. The summed E-state index contributed by atoms with van der Waals surface area (Å²) < 4.78 is 5.79. The number of hydrogen-bond acceptors (Lipinski definition) is 3. The normalized spacial score (nSPS) is 17.2. The Balaban J connectivity index is 1.35. The van der Waals surface area contributed by atoms with Gasteiger partial charge in [-0.1, -0.05) is 24.3 Å². The van der Waals surface area contributed by atoms with E-state index in [1.165, 1.54) is 5.71 Å². The number of nitrogens with zero attached hydrogens (tertiary/aromatic N) is 2. The Morgan fingerprint density at radius 3 is 2.31 bits per heavy atom. The highest BCUT2D eigenvalue weighted by Gasteiger charge is 2.26. The summed E-state index contributed by atoms with van der Waals surface area (Å²) in [6, 6.07) is 17.0. The maximum atomic E-state index is 12.7. The zero-order valence-electron chi connectivity index (χ0n) is 14.7. The Bertz CT molecular complexity index is 817. The molecule has 0 atom stereocenters. The molecule has 1 fully saturated rings. The molecule has 4 heteroatoms. The minimum absolute atomic E-state index is 0.0983. The van der Waals surface area contributed by atoms with Crippen molar-refractivity contribution < 1.29 is 9.53 Å². The second kappa shape index (κ2) is 7.56. The molecule has 2 aromatic carbocycles. The number of rotatable bonds is 4. The molecule has 0 aromatic heterocycles. The highest BCUT2D eigenvalue weighted by molar-refractivity contribution is 5.95. The molecule has 0 unspecified atom stereocenters. The lowest BCUT2D eigenvalue weighted by Gasteiger charge is -2.32. The van der Waals surface area contributed by atoms with Crippen LogP contribution in [0.4, 0.5) is 0 Å². The molecular weight excluding hydrogens is 324 g/mol. The van der Waals surface area contributed by atoms with Gasteiger partial charge in [-0.25, -0.2) is 0 Å². The van der Waals surface area contributed by atoms with Crippen molar-refractivity contribution in [2.45, 2.75) is 19.3 Å². The molecule has 0 bridgehead atoms. The van der Waals surface area contributed by atoms with E-state index < -0.39 is 0 Å². The lowest BCUT2D eigenvalue weighted by atomic mass is 9.90. The largest absolute Gasteiger partial charge is 0.457 e. The topological polar surface area (TPSA) is 41.9 Å². The van der Waals surface area contributed by atoms with Crippen molar-refractivity contribution in [1.29, 1.82) is 0 Å². The third-order valence-corrected chi connectivity index (χ3v) is 5.01. The molecule has 2 heterocycles. The third kappa shape index (κ3) is 3.69. The average molecular weight is 346 g/mol. The molecule has 1 saturated heterocycles. The summed E-state index contributed by atoms with van der Waals surface area (Å²) in [4.78, 5) is 19.1. The molecule has 2 aromatic rings. The average Bonchev–Trinajstić information content (AvgIpc) is 3.24. The van der Waals surface area contributed by atoms with Crippen molar-refractivity contribution in [3.63, 3.8) is 0 Å². The second-order valence-corrected chi connectivity index (χ2v) is 6.72. The summed E-state index contributed by atoms with van der Waals surface area (Å²) in [6.45, 7) is 1.59. The van der Waals surface area contributed by atoms with Crippen LogP contribution in [0, 0.1) is 5.92 Å². The summed E-state index contributed by atoms with van der Waals surface area (Å²) in [6.07, 6.45) is 6.97. The van der Waals surface area contributed by atoms with Gasteiger partial charge in [0.15, 0.2) is 0 Å². The van der Waals surface area contributed by atoms with E-state index in [0.29, 0.717) is 11.5 Å². The van der Waals surface area contributed by atoms with Gasteiger partial charge in [-0.2, -0.15) is 0 Å². The van der Waals surface area contributed by atoms with Crippen molar-refractivity contribution in [3.8, 4) is 11.5 Å². The van der Waals surface area contributed by atoms with Crippen molar-refractivity contribution >= 4 is 11.6 Å². The Labute approximate surface area is 153 Å². The Morgan fingerprint density at radius 1 is 0.962 bits per heavy atom. The minimum Gasteiger partial charge on any atom is -0.457 e. The molecule has 4 nitrogen and oxygen atoms in total. The molecule has 2 aliphatic rings. The molecule has 1 amide bonds. The first-order chi connectivity index (χ1) is 12.8. The van der Waals surface area contributed by atoms with Gasteiger partial charge in [0.2, 0.25) is 0 Å². The number of amides is 1. The number of likely N-dealkylation sites (tertiary alicyclic amines) is 1. The van der Waals surface area contributed by atoms with Gasteiger partial charge >= 0.3 is 0 Å². The Hall–Kier alpha value is -2.88. The molecule has 0 N–H and O–H groups in total. The van der Waals surface area contributed by atoms with Crippen LogP contribution in [-0.4, -0.2) is 29.6 Å². The maximum absolute atomic E-state index is 12.7. The van der Waals surface area contributed by atoms with Crippen LogP contribution in [0.5, 0.6) is 11.5 Å². The number of carbonyl (C=O) groups is 1. The summed E-state index contributed by atoms with van der Waals surface area (Å²) in [5.74, 6) is 2.15. The maximum Gasteiger partial charge on any atom is 0.253 e. The van der Waals surface area contributed by atoms with Crippen LogP contribution in [-0.2, 0) is 0 Å². The first-order valence-electron chi connectivity index (χ1n) is 9.13. The van der Waals surface area contributed by atoms with Crippen LogP contribution in [0.2, 0.25) is 0 Å². The molecule has 0 saturated carbocycles. The SMILES string of the molecule is O=C(c1ccc(Oc2ccccc2)cc1)N1CCC(C2=NC=CC2)CC1. The van der Waals surface area contributed by atoms with Crippen LogP contribution >= 0.6 is 0 Å². The van der Waals surface area contributed by atoms with E-state index in [1.807, 2.05) is 65.7 Å². The van der Waals surface area contributed by atoms with Gasteiger partial charge in [-0.05, 0) is 49.2 Å². The van der Waals surface area contributed by atoms with Crippen molar-refractivity contribution in [2.75, 3.05) is 13.1 Å². The van der Waals surface area contributed by atoms with E-state index in [0.717, 1.165) is 43.9 Å². The zero-order valence-corrected chi connectivity index (χ0v) is 14.7. The molecule has 4 rings (SSSR count). The first kappa shape index (κ1) is 16.6. The number of piperidine rings is 1. The van der Waals surface area contributed by atoms with Gasteiger partial charge < -0.3 is 9.64 Å². The van der Waals surface area contributed by atoms with Crippen molar-refractivity contribution in [1.82, 2.24) is 4.90 Å².